The zero-order valence-corrected chi connectivity index (χ0v) is 17.0. The summed E-state index contributed by atoms with van der Waals surface area (Å²) in [5.41, 5.74) is 2.26. The number of thiazole rings is 1. The fourth-order valence-corrected chi connectivity index (χ4v) is 4.24. The lowest BCUT2D eigenvalue weighted by Gasteiger charge is -2.15. The third-order valence-electron chi connectivity index (χ3n) is 4.97. The number of aromatic nitrogens is 7. The number of ether oxygens (including phenoxy) is 1. The molecule has 0 spiro atoms. The standard InChI is InChI=1S/C19H20N8OS/c1-3-27-16(13-8-21-12(2)22-9-13)25-15-17(27)23-11-24-18(15)28-14-4-6-26(10-14)19-20-5-7-29-19/h5,7-9,11,14H,3-4,6,10H2,1-2H3/t14-/m0/s1. The van der Waals surface area contributed by atoms with E-state index < -0.39 is 0 Å². The second-order valence-electron chi connectivity index (χ2n) is 6.84. The summed E-state index contributed by atoms with van der Waals surface area (Å²) in [4.78, 5) is 28.9. The molecule has 4 aromatic heterocycles. The van der Waals surface area contributed by atoms with Gasteiger partial charge in [-0.05, 0) is 13.8 Å². The van der Waals surface area contributed by atoms with Crippen molar-refractivity contribution in [2.45, 2.75) is 32.9 Å². The van der Waals surface area contributed by atoms with Gasteiger partial charge in [-0.3, -0.25) is 0 Å². The monoisotopic (exact) mass is 408 g/mol. The molecule has 1 atom stereocenters. The average Bonchev–Trinajstić information content (AvgIpc) is 3.48. The molecule has 29 heavy (non-hydrogen) atoms. The average molecular weight is 408 g/mol. The van der Waals surface area contributed by atoms with E-state index in [-0.39, 0.29) is 6.10 Å². The first-order chi connectivity index (χ1) is 14.2. The molecule has 4 aromatic rings. The molecule has 1 aliphatic heterocycles. The fourth-order valence-electron chi connectivity index (χ4n) is 3.56. The first-order valence-corrected chi connectivity index (χ1v) is 10.4. The molecule has 0 aliphatic carbocycles. The Balaban J connectivity index is 1.46. The number of hydrogen-bond donors (Lipinski definition) is 0. The highest BCUT2D eigenvalue weighted by Crippen LogP contribution is 2.30. The Morgan fingerprint density at radius 1 is 1.17 bits per heavy atom. The van der Waals surface area contributed by atoms with Crippen molar-refractivity contribution in [1.29, 1.82) is 0 Å². The summed E-state index contributed by atoms with van der Waals surface area (Å²) in [6.45, 7) is 6.34. The van der Waals surface area contributed by atoms with Crippen molar-refractivity contribution in [1.82, 2.24) is 34.5 Å². The van der Waals surface area contributed by atoms with E-state index in [1.807, 2.05) is 23.1 Å². The Kier molecular flexibility index (Phi) is 4.55. The van der Waals surface area contributed by atoms with Crippen LogP contribution >= 0.6 is 11.3 Å². The van der Waals surface area contributed by atoms with Crippen LogP contribution in [0.15, 0.2) is 30.3 Å². The van der Waals surface area contributed by atoms with Gasteiger partial charge in [0.15, 0.2) is 16.3 Å². The lowest BCUT2D eigenvalue weighted by atomic mass is 10.3. The Bertz CT molecular complexity index is 1130. The van der Waals surface area contributed by atoms with Gasteiger partial charge in [0.05, 0.1) is 12.1 Å². The Morgan fingerprint density at radius 2 is 2.03 bits per heavy atom. The molecule has 0 unspecified atom stereocenters. The second kappa shape index (κ2) is 7.36. The number of aryl methyl sites for hydroxylation is 2. The van der Waals surface area contributed by atoms with Crippen molar-refractivity contribution < 1.29 is 4.74 Å². The van der Waals surface area contributed by atoms with Crippen molar-refractivity contribution in [2.75, 3.05) is 18.0 Å². The number of hydrogen-bond acceptors (Lipinski definition) is 9. The normalized spacial score (nSPS) is 16.6. The molecule has 1 saturated heterocycles. The summed E-state index contributed by atoms with van der Waals surface area (Å²) in [5.74, 6) is 2.01. The lowest BCUT2D eigenvalue weighted by Crippen LogP contribution is -2.24. The molecule has 0 aromatic carbocycles. The number of anilines is 1. The zero-order valence-electron chi connectivity index (χ0n) is 16.2. The predicted molar refractivity (Wildman–Crippen MR) is 110 cm³/mol. The molecule has 5 heterocycles. The molecule has 148 valence electrons. The van der Waals surface area contributed by atoms with Gasteiger partial charge in [0.25, 0.3) is 0 Å². The number of fused-ring (bicyclic) bond motifs is 1. The van der Waals surface area contributed by atoms with Crippen LogP contribution in [0.4, 0.5) is 5.13 Å². The molecule has 0 amide bonds. The molecule has 1 fully saturated rings. The fraction of sp³-hybridized carbons (Fsp3) is 0.368. The second-order valence-corrected chi connectivity index (χ2v) is 7.71. The van der Waals surface area contributed by atoms with Crippen LogP contribution in [-0.2, 0) is 6.54 Å². The minimum absolute atomic E-state index is 0.0370. The topological polar surface area (TPSA) is 94.7 Å². The SMILES string of the molecule is CCn1c(-c2cnc(C)nc2)nc2c(O[C@H]3CCN(c4nccs4)C3)ncnc21. The van der Waals surface area contributed by atoms with E-state index in [0.29, 0.717) is 11.4 Å². The first-order valence-electron chi connectivity index (χ1n) is 9.54. The summed E-state index contributed by atoms with van der Waals surface area (Å²) in [6.07, 6.45) is 7.89. The van der Waals surface area contributed by atoms with Crippen molar-refractivity contribution in [2.24, 2.45) is 0 Å². The molecule has 0 N–H and O–H groups in total. The van der Waals surface area contributed by atoms with Gasteiger partial charge in [-0.25, -0.2) is 24.9 Å². The number of imidazole rings is 1. The third-order valence-corrected chi connectivity index (χ3v) is 5.80. The highest BCUT2D eigenvalue weighted by atomic mass is 32.1. The Morgan fingerprint density at radius 3 is 2.79 bits per heavy atom. The van der Waals surface area contributed by atoms with Crippen LogP contribution in [0.5, 0.6) is 5.88 Å². The van der Waals surface area contributed by atoms with E-state index in [2.05, 4.69) is 36.7 Å². The van der Waals surface area contributed by atoms with Crippen LogP contribution in [-0.4, -0.2) is 53.7 Å². The lowest BCUT2D eigenvalue weighted by molar-refractivity contribution is 0.218. The summed E-state index contributed by atoms with van der Waals surface area (Å²) in [7, 11) is 0. The van der Waals surface area contributed by atoms with E-state index in [0.717, 1.165) is 54.0 Å². The first kappa shape index (κ1) is 17.9. The van der Waals surface area contributed by atoms with E-state index in [1.54, 1.807) is 23.7 Å². The smallest absolute Gasteiger partial charge is 0.245 e. The van der Waals surface area contributed by atoms with E-state index >= 15 is 0 Å². The number of nitrogens with zero attached hydrogens (tertiary/aromatic N) is 8. The summed E-state index contributed by atoms with van der Waals surface area (Å²) in [6, 6.07) is 0. The molecule has 0 radical (unpaired) electrons. The summed E-state index contributed by atoms with van der Waals surface area (Å²) in [5, 5.41) is 3.02. The van der Waals surface area contributed by atoms with Gasteiger partial charge >= 0.3 is 0 Å². The van der Waals surface area contributed by atoms with Crippen LogP contribution in [0.3, 0.4) is 0 Å². The van der Waals surface area contributed by atoms with Gasteiger partial charge < -0.3 is 14.2 Å². The van der Waals surface area contributed by atoms with Gasteiger partial charge in [-0.1, -0.05) is 0 Å². The van der Waals surface area contributed by atoms with Gasteiger partial charge in [0.1, 0.15) is 24.1 Å². The molecule has 0 bridgehead atoms. The highest BCUT2D eigenvalue weighted by Gasteiger charge is 2.27. The van der Waals surface area contributed by atoms with Crippen LogP contribution in [0.25, 0.3) is 22.6 Å². The summed E-state index contributed by atoms with van der Waals surface area (Å²) < 4.78 is 8.30. The zero-order chi connectivity index (χ0) is 19.8. The van der Waals surface area contributed by atoms with Crippen molar-refractivity contribution in [3.8, 4) is 17.3 Å². The van der Waals surface area contributed by atoms with E-state index in [9.17, 15) is 0 Å². The van der Waals surface area contributed by atoms with Crippen LogP contribution in [0.1, 0.15) is 19.2 Å². The van der Waals surface area contributed by atoms with Gasteiger partial charge in [0.2, 0.25) is 5.88 Å². The van der Waals surface area contributed by atoms with Gasteiger partial charge in [-0.15, -0.1) is 11.3 Å². The van der Waals surface area contributed by atoms with Crippen LogP contribution in [0, 0.1) is 6.92 Å². The van der Waals surface area contributed by atoms with Crippen LogP contribution in [0.2, 0.25) is 0 Å². The van der Waals surface area contributed by atoms with Gasteiger partial charge in [0, 0.05) is 43.5 Å². The molecule has 0 saturated carbocycles. The summed E-state index contributed by atoms with van der Waals surface area (Å²) >= 11 is 1.64. The molecule has 9 nitrogen and oxygen atoms in total. The maximum Gasteiger partial charge on any atom is 0.245 e. The molecular weight excluding hydrogens is 388 g/mol. The number of rotatable bonds is 5. The Hall–Kier alpha value is -3.14. The van der Waals surface area contributed by atoms with Crippen LogP contribution < -0.4 is 9.64 Å². The molecule has 1 aliphatic rings. The van der Waals surface area contributed by atoms with E-state index in [1.165, 1.54) is 6.33 Å². The molecule has 5 rings (SSSR count). The molecule has 10 heteroatoms. The minimum Gasteiger partial charge on any atom is -0.471 e. The molecular formula is C19H20N8OS. The third kappa shape index (κ3) is 3.29. The quantitative estimate of drug-likeness (QED) is 0.497. The van der Waals surface area contributed by atoms with E-state index in [4.69, 9.17) is 9.72 Å². The highest BCUT2D eigenvalue weighted by molar-refractivity contribution is 7.13. The van der Waals surface area contributed by atoms with Gasteiger partial charge in [-0.2, -0.15) is 4.98 Å². The maximum atomic E-state index is 6.26. The van der Waals surface area contributed by atoms with Crippen molar-refractivity contribution in [3.63, 3.8) is 0 Å². The largest absolute Gasteiger partial charge is 0.471 e. The van der Waals surface area contributed by atoms with Crippen molar-refractivity contribution in [3.05, 3.63) is 36.1 Å². The Labute approximate surface area is 171 Å². The minimum atomic E-state index is 0.0370. The predicted octanol–water partition coefficient (Wildman–Crippen LogP) is 2.73. The maximum absolute atomic E-state index is 6.26. The van der Waals surface area contributed by atoms with Crippen molar-refractivity contribution >= 4 is 27.6 Å².